The van der Waals surface area contributed by atoms with Crippen molar-refractivity contribution in [3.05, 3.63) is 58.7 Å². The third-order valence-electron chi connectivity index (χ3n) is 3.40. The van der Waals surface area contributed by atoms with Crippen molar-refractivity contribution >= 4 is 23.3 Å². The van der Waals surface area contributed by atoms with Gasteiger partial charge in [0.25, 0.3) is 0 Å². The Balaban J connectivity index is 1.70. The van der Waals surface area contributed by atoms with Crippen LogP contribution >= 0.6 is 11.6 Å². The van der Waals surface area contributed by atoms with E-state index in [1.165, 1.54) is 11.1 Å². The highest BCUT2D eigenvalue weighted by Crippen LogP contribution is 2.27. The molecule has 0 atom stereocenters. The van der Waals surface area contributed by atoms with Gasteiger partial charge in [-0.25, -0.2) is 4.98 Å². The second-order valence-electron chi connectivity index (χ2n) is 4.72. The molecule has 3 rings (SSSR count). The summed E-state index contributed by atoms with van der Waals surface area (Å²) < 4.78 is 0. The van der Waals surface area contributed by atoms with E-state index in [0.717, 1.165) is 12.8 Å². The van der Waals surface area contributed by atoms with Crippen LogP contribution in [-0.4, -0.2) is 10.9 Å². The predicted octanol–water partition coefficient (Wildman–Crippen LogP) is 3.09. The van der Waals surface area contributed by atoms with Crippen LogP contribution in [0.25, 0.3) is 0 Å². The molecule has 4 heteroatoms. The van der Waals surface area contributed by atoms with Crippen LogP contribution in [0.4, 0.5) is 5.82 Å². The van der Waals surface area contributed by atoms with Gasteiger partial charge in [-0.15, -0.1) is 0 Å². The van der Waals surface area contributed by atoms with Gasteiger partial charge in [0, 0.05) is 17.1 Å². The van der Waals surface area contributed by atoms with Crippen molar-refractivity contribution in [2.24, 2.45) is 5.92 Å². The number of carbonyl (C=O) groups is 1. The maximum atomic E-state index is 12.2. The monoisotopic (exact) mass is 272 g/mol. The molecule has 3 nitrogen and oxygen atoms in total. The molecule has 96 valence electrons. The van der Waals surface area contributed by atoms with Crippen LogP contribution in [0.15, 0.2) is 42.6 Å². The Morgan fingerprint density at radius 1 is 1.21 bits per heavy atom. The minimum Gasteiger partial charge on any atom is -0.310 e. The number of nitrogens with one attached hydrogen (secondary N) is 1. The quantitative estimate of drug-likeness (QED) is 0.913. The van der Waals surface area contributed by atoms with Crippen LogP contribution in [0.3, 0.4) is 0 Å². The molecule has 19 heavy (non-hydrogen) atoms. The van der Waals surface area contributed by atoms with Gasteiger partial charge in [0.05, 0.1) is 0 Å². The largest absolute Gasteiger partial charge is 0.310 e. The topological polar surface area (TPSA) is 42.0 Å². The Morgan fingerprint density at radius 2 is 1.89 bits per heavy atom. The highest BCUT2D eigenvalue weighted by molar-refractivity contribution is 6.30. The molecule has 1 aromatic heterocycles. The molecule has 2 aromatic rings. The molecule has 0 aliphatic heterocycles. The van der Waals surface area contributed by atoms with Gasteiger partial charge >= 0.3 is 0 Å². The van der Waals surface area contributed by atoms with Gasteiger partial charge in [0.15, 0.2) is 0 Å². The number of halogens is 1. The first-order valence-electron chi connectivity index (χ1n) is 6.21. The van der Waals surface area contributed by atoms with Crippen molar-refractivity contribution < 1.29 is 4.79 Å². The molecular weight excluding hydrogens is 260 g/mol. The summed E-state index contributed by atoms with van der Waals surface area (Å²) in [7, 11) is 0. The molecular formula is C15H13ClN2O. The molecule has 1 amide bonds. The zero-order valence-corrected chi connectivity index (χ0v) is 11.0. The molecule has 0 saturated heterocycles. The molecule has 1 N–H and O–H groups in total. The Kier molecular flexibility index (Phi) is 3.22. The molecule has 0 spiro atoms. The molecule has 1 aromatic carbocycles. The Hall–Kier alpha value is -1.87. The van der Waals surface area contributed by atoms with Crippen molar-refractivity contribution in [3.8, 4) is 0 Å². The van der Waals surface area contributed by atoms with Crippen molar-refractivity contribution in [1.29, 1.82) is 0 Å². The van der Waals surface area contributed by atoms with Crippen LogP contribution < -0.4 is 5.32 Å². The summed E-state index contributed by atoms with van der Waals surface area (Å²) in [4.78, 5) is 16.3. The number of pyridine rings is 1. The third kappa shape index (κ3) is 2.61. The Labute approximate surface area is 116 Å². The summed E-state index contributed by atoms with van der Waals surface area (Å²) in [6.07, 6.45) is 3.17. The number of rotatable bonds is 2. The minimum absolute atomic E-state index is 0.00552. The zero-order valence-electron chi connectivity index (χ0n) is 10.3. The van der Waals surface area contributed by atoms with Gasteiger partial charge in [-0.05, 0) is 36.1 Å². The number of carbonyl (C=O) groups excluding carboxylic acids is 1. The van der Waals surface area contributed by atoms with E-state index in [9.17, 15) is 4.79 Å². The molecule has 1 aliphatic carbocycles. The van der Waals surface area contributed by atoms with Crippen molar-refractivity contribution in [3.63, 3.8) is 0 Å². The molecule has 0 radical (unpaired) electrons. The number of hydrogen-bond donors (Lipinski definition) is 1. The average Bonchev–Trinajstić information content (AvgIpc) is 2.82. The SMILES string of the molecule is O=C(Nc1cc(Cl)ccn1)C1Cc2ccccc2C1. The second-order valence-corrected chi connectivity index (χ2v) is 5.16. The van der Waals surface area contributed by atoms with E-state index >= 15 is 0 Å². The summed E-state index contributed by atoms with van der Waals surface area (Å²) >= 11 is 5.87. The lowest BCUT2D eigenvalue weighted by Crippen LogP contribution is -2.23. The van der Waals surface area contributed by atoms with Crippen LogP contribution in [0.5, 0.6) is 0 Å². The van der Waals surface area contributed by atoms with Crippen LogP contribution in [0.1, 0.15) is 11.1 Å². The smallest absolute Gasteiger partial charge is 0.229 e. The maximum absolute atomic E-state index is 12.2. The van der Waals surface area contributed by atoms with E-state index in [1.54, 1.807) is 18.3 Å². The van der Waals surface area contributed by atoms with Crippen LogP contribution in [0, 0.1) is 5.92 Å². The van der Waals surface area contributed by atoms with Gasteiger partial charge in [-0.3, -0.25) is 4.79 Å². The van der Waals surface area contributed by atoms with Crippen molar-refractivity contribution in [2.75, 3.05) is 5.32 Å². The van der Waals surface area contributed by atoms with Gasteiger partial charge in [0.2, 0.25) is 5.91 Å². The number of fused-ring (bicyclic) bond motifs is 1. The third-order valence-corrected chi connectivity index (χ3v) is 3.63. The highest BCUT2D eigenvalue weighted by Gasteiger charge is 2.27. The first-order chi connectivity index (χ1) is 9.22. The van der Waals surface area contributed by atoms with Gasteiger partial charge in [0.1, 0.15) is 5.82 Å². The summed E-state index contributed by atoms with van der Waals surface area (Å²) in [5.74, 6) is 0.498. The van der Waals surface area contributed by atoms with E-state index in [-0.39, 0.29) is 11.8 Å². The summed E-state index contributed by atoms with van der Waals surface area (Å²) in [6, 6.07) is 11.5. The molecule has 0 bridgehead atoms. The molecule has 1 heterocycles. The number of aromatic nitrogens is 1. The molecule has 1 aliphatic rings. The lowest BCUT2D eigenvalue weighted by atomic mass is 10.1. The number of anilines is 1. The second kappa shape index (κ2) is 5.02. The molecule has 0 saturated carbocycles. The minimum atomic E-state index is -0.0156. The first kappa shape index (κ1) is 12.2. The summed E-state index contributed by atoms with van der Waals surface area (Å²) in [5.41, 5.74) is 2.53. The normalized spacial score (nSPS) is 14.2. The number of hydrogen-bond acceptors (Lipinski definition) is 2. The maximum Gasteiger partial charge on any atom is 0.229 e. The standard InChI is InChI=1S/C15H13ClN2O/c16-13-5-6-17-14(9-13)18-15(19)12-7-10-3-1-2-4-11(10)8-12/h1-6,9,12H,7-8H2,(H,17,18,19). The lowest BCUT2D eigenvalue weighted by Gasteiger charge is -2.09. The van der Waals surface area contributed by atoms with E-state index in [2.05, 4.69) is 22.4 Å². The Morgan fingerprint density at radius 3 is 2.53 bits per heavy atom. The fourth-order valence-corrected chi connectivity index (χ4v) is 2.61. The van der Waals surface area contributed by atoms with Gasteiger partial charge < -0.3 is 5.32 Å². The summed E-state index contributed by atoms with van der Waals surface area (Å²) in [6.45, 7) is 0. The highest BCUT2D eigenvalue weighted by atomic mass is 35.5. The number of amides is 1. The lowest BCUT2D eigenvalue weighted by molar-refractivity contribution is -0.119. The van der Waals surface area contributed by atoms with Crippen LogP contribution in [-0.2, 0) is 17.6 Å². The first-order valence-corrected chi connectivity index (χ1v) is 6.59. The fourth-order valence-electron chi connectivity index (χ4n) is 2.45. The van der Waals surface area contributed by atoms with E-state index in [0.29, 0.717) is 10.8 Å². The van der Waals surface area contributed by atoms with Gasteiger partial charge in [-0.1, -0.05) is 35.9 Å². The summed E-state index contributed by atoms with van der Waals surface area (Å²) in [5, 5.41) is 3.39. The number of nitrogens with zero attached hydrogens (tertiary/aromatic N) is 1. The van der Waals surface area contributed by atoms with Crippen molar-refractivity contribution in [2.45, 2.75) is 12.8 Å². The Bertz CT molecular complexity index is 602. The van der Waals surface area contributed by atoms with E-state index in [4.69, 9.17) is 11.6 Å². The van der Waals surface area contributed by atoms with Crippen molar-refractivity contribution in [1.82, 2.24) is 4.98 Å². The van der Waals surface area contributed by atoms with E-state index in [1.807, 2.05) is 12.1 Å². The predicted molar refractivity (Wildman–Crippen MR) is 75.2 cm³/mol. The zero-order chi connectivity index (χ0) is 13.2. The fraction of sp³-hybridized carbons (Fsp3) is 0.200. The number of benzene rings is 1. The van der Waals surface area contributed by atoms with E-state index < -0.39 is 0 Å². The van der Waals surface area contributed by atoms with Gasteiger partial charge in [-0.2, -0.15) is 0 Å². The average molecular weight is 273 g/mol. The van der Waals surface area contributed by atoms with Crippen LogP contribution in [0.2, 0.25) is 5.02 Å². The molecule has 0 fully saturated rings. The molecule has 0 unspecified atom stereocenters.